The van der Waals surface area contributed by atoms with Gasteiger partial charge in [0.25, 0.3) is 0 Å². The van der Waals surface area contributed by atoms with Crippen LogP contribution >= 0.6 is 0 Å². The number of carbonyl (C=O) groups excluding carboxylic acids is 1. The SMILES string of the molecule is CC#CC[C@@H]1C=CC[C@@H](CC=O)O1. The summed E-state index contributed by atoms with van der Waals surface area (Å²) in [5.74, 6) is 5.79. The van der Waals surface area contributed by atoms with Gasteiger partial charge in [-0.2, -0.15) is 0 Å². The summed E-state index contributed by atoms with van der Waals surface area (Å²) in [5.41, 5.74) is 0. The molecule has 0 N–H and O–H groups in total. The second-order valence-corrected chi connectivity index (χ2v) is 2.99. The molecule has 1 heterocycles. The molecule has 0 unspecified atom stereocenters. The topological polar surface area (TPSA) is 26.3 Å². The predicted molar refractivity (Wildman–Crippen MR) is 51.2 cm³/mol. The highest BCUT2D eigenvalue weighted by molar-refractivity contribution is 5.50. The minimum atomic E-state index is 0.0613. The number of rotatable bonds is 3. The largest absolute Gasteiger partial charge is 0.369 e. The van der Waals surface area contributed by atoms with Crippen LogP contribution in [0.15, 0.2) is 12.2 Å². The van der Waals surface area contributed by atoms with Crippen molar-refractivity contribution in [3.8, 4) is 11.8 Å². The van der Waals surface area contributed by atoms with Crippen molar-refractivity contribution in [2.24, 2.45) is 0 Å². The fraction of sp³-hybridized carbons (Fsp3) is 0.545. The van der Waals surface area contributed by atoms with Crippen LogP contribution in [0.4, 0.5) is 0 Å². The molecule has 0 saturated carbocycles. The third kappa shape index (κ3) is 3.43. The first-order valence-electron chi connectivity index (χ1n) is 4.52. The first-order chi connectivity index (χ1) is 6.36. The Bertz CT molecular complexity index is 245. The minimum absolute atomic E-state index is 0.0613. The van der Waals surface area contributed by atoms with Gasteiger partial charge in [-0.1, -0.05) is 12.2 Å². The number of hydrogen-bond donors (Lipinski definition) is 0. The van der Waals surface area contributed by atoms with Crippen molar-refractivity contribution in [2.45, 2.75) is 38.4 Å². The van der Waals surface area contributed by atoms with Crippen LogP contribution in [0.1, 0.15) is 26.2 Å². The van der Waals surface area contributed by atoms with Crippen LogP contribution in [-0.2, 0) is 9.53 Å². The second kappa shape index (κ2) is 5.55. The van der Waals surface area contributed by atoms with Crippen molar-refractivity contribution in [1.29, 1.82) is 0 Å². The molecular weight excluding hydrogens is 164 g/mol. The third-order valence-corrected chi connectivity index (χ3v) is 1.96. The van der Waals surface area contributed by atoms with E-state index in [9.17, 15) is 4.79 Å². The second-order valence-electron chi connectivity index (χ2n) is 2.99. The molecule has 1 rings (SSSR count). The van der Waals surface area contributed by atoms with Gasteiger partial charge in [-0.15, -0.1) is 11.8 Å². The molecule has 2 nitrogen and oxygen atoms in total. The summed E-state index contributed by atoms with van der Waals surface area (Å²) >= 11 is 0. The lowest BCUT2D eigenvalue weighted by Gasteiger charge is -2.23. The van der Waals surface area contributed by atoms with Gasteiger partial charge in [0.1, 0.15) is 6.29 Å². The van der Waals surface area contributed by atoms with Gasteiger partial charge in [0.15, 0.2) is 0 Å². The maximum Gasteiger partial charge on any atom is 0.122 e. The normalized spacial score (nSPS) is 26.2. The van der Waals surface area contributed by atoms with E-state index < -0.39 is 0 Å². The summed E-state index contributed by atoms with van der Waals surface area (Å²) in [5, 5.41) is 0. The molecule has 0 spiro atoms. The summed E-state index contributed by atoms with van der Waals surface area (Å²) in [7, 11) is 0. The highest BCUT2D eigenvalue weighted by Gasteiger charge is 2.16. The minimum Gasteiger partial charge on any atom is -0.369 e. The molecule has 2 heteroatoms. The van der Waals surface area contributed by atoms with Crippen molar-refractivity contribution in [2.75, 3.05) is 0 Å². The number of ether oxygens (including phenoxy) is 1. The summed E-state index contributed by atoms with van der Waals surface area (Å²) in [4.78, 5) is 10.3. The lowest BCUT2D eigenvalue weighted by atomic mass is 10.1. The zero-order valence-electron chi connectivity index (χ0n) is 7.82. The zero-order valence-corrected chi connectivity index (χ0v) is 7.82. The smallest absolute Gasteiger partial charge is 0.122 e. The lowest BCUT2D eigenvalue weighted by molar-refractivity contribution is -0.111. The predicted octanol–water partition coefficient (Wildman–Crippen LogP) is 1.70. The maximum absolute atomic E-state index is 10.3. The Kier molecular flexibility index (Phi) is 4.28. The Balaban J connectivity index is 2.39. The van der Waals surface area contributed by atoms with Crippen LogP contribution in [0.5, 0.6) is 0 Å². The Morgan fingerprint density at radius 3 is 3.23 bits per heavy atom. The van der Waals surface area contributed by atoms with Crippen LogP contribution in [0.25, 0.3) is 0 Å². The van der Waals surface area contributed by atoms with Crippen LogP contribution in [0.2, 0.25) is 0 Å². The van der Waals surface area contributed by atoms with E-state index in [2.05, 4.69) is 17.9 Å². The molecule has 0 aromatic heterocycles. The van der Waals surface area contributed by atoms with Gasteiger partial charge in [-0.25, -0.2) is 0 Å². The van der Waals surface area contributed by atoms with Crippen LogP contribution < -0.4 is 0 Å². The third-order valence-electron chi connectivity index (χ3n) is 1.96. The van der Waals surface area contributed by atoms with Crippen molar-refractivity contribution in [3.05, 3.63) is 12.2 Å². The highest BCUT2D eigenvalue weighted by atomic mass is 16.5. The van der Waals surface area contributed by atoms with Crippen LogP contribution in [-0.4, -0.2) is 18.5 Å². The average molecular weight is 178 g/mol. The number of aldehydes is 1. The van der Waals surface area contributed by atoms with Gasteiger partial charge in [-0.05, 0) is 13.3 Å². The van der Waals surface area contributed by atoms with Crippen molar-refractivity contribution in [3.63, 3.8) is 0 Å². The molecule has 0 fully saturated rings. The highest BCUT2D eigenvalue weighted by Crippen LogP contribution is 2.16. The molecular formula is C11H14O2. The van der Waals surface area contributed by atoms with Gasteiger partial charge in [-0.3, -0.25) is 0 Å². The van der Waals surface area contributed by atoms with E-state index in [0.717, 1.165) is 19.1 Å². The van der Waals surface area contributed by atoms with E-state index >= 15 is 0 Å². The Morgan fingerprint density at radius 2 is 2.54 bits per heavy atom. The molecule has 0 aromatic rings. The van der Waals surface area contributed by atoms with Crippen molar-refractivity contribution in [1.82, 2.24) is 0 Å². The molecule has 13 heavy (non-hydrogen) atoms. The monoisotopic (exact) mass is 178 g/mol. The summed E-state index contributed by atoms with van der Waals surface area (Å²) in [6.07, 6.45) is 7.19. The van der Waals surface area contributed by atoms with E-state index in [4.69, 9.17) is 4.74 Å². The van der Waals surface area contributed by atoms with Gasteiger partial charge in [0.2, 0.25) is 0 Å². The van der Waals surface area contributed by atoms with E-state index in [0.29, 0.717) is 6.42 Å². The Labute approximate surface area is 79.0 Å². The molecule has 0 saturated heterocycles. The number of hydrogen-bond acceptors (Lipinski definition) is 2. The summed E-state index contributed by atoms with van der Waals surface area (Å²) in [6, 6.07) is 0. The number of carbonyl (C=O) groups is 1. The van der Waals surface area contributed by atoms with Gasteiger partial charge in [0, 0.05) is 12.8 Å². The molecule has 0 bridgehead atoms. The first kappa shape index (κ1) is 10.0. The van der Waals surface area contributed by atoms with Gasteiger partial charge >= 0.3 is 0 Å². The van der Waals surface area contributed by atoms with E-state index in [1.807, 2.05) is 13.0 Å². The Morgan fingerprint density at radius 1 is 1.69 bits per heavy atom. The molecule has 0 radical (unpaired) electrons. The zero-order chi connectivity index (χ0) is 9.52. The molecule has 2 atom stereocenters. The molecule has 1 aliphatic rings. The lowest BCUT2D eigenvalue weighted by Crippen LogP contribution is -2.23. The van der Waals surface area contributed by atoms with Crippen LogP contribution in [0, 0.1) is 11.8 Å². The van der Waals surface area contributed by atoms with Crippen LogP contribution in [0.3, 0.4) is 0 Å². The quantitative estimate of drug-likeness (QED) is 0.373. The fourth-order valence-electron chi connectivity index (χ4n) is 1.31. The maximum atomic E-state index is 10.3. The van der Waals surface area contributed by atoms with E-state index in [-0.39, 0.29) is 12.2 Å². The average Bonchev–Trinajstić information content (AvgIpc) is 2.16. The summed E-state index contributed by atoms with van der Waals surface area (Å²) < 4.78 is 5.61. The fourth-order valence-corrected chi connectivity index (χ4v) is 1.31. The molecule has 0 aromatic carbocycles. The van der Waals surface area contributed by atoms with Crippen molar-refractivity contribution < 1.29 is 9.53 Å². The molecule has 0 amide bonds. The molecule has 0 aliphatic carbocycles. The van der Waals surface area contributed by atoms with Crippen molar-refractivity contribution >= 4 is 6.29 Å². The Hall–Kier alpha value is -1.07. The van der Waals surface area contributed by atoms with E-state index in [1.54, 1.807) is 0 Å². The molecule has 70 valence electrons. The molecule has 1 aliphatic heterocycles. The van der Waals surface area contributed by atoms with Gasteiger partial charge in [0.05, 0.1) is 12.2 Å². The summed E-state index contributed by atoms with van der Waals surface area (Å²) in [6.45, 7) is 1.81. The first-order valence-corrected chi connectivity index (χ1v) is 4.52. The standard InChI is InChI=1S/C11H14O2/c1-2-3-5-10-6-4-7-11(13-10)8-9-12/h4,6,9-11H,5,7-8H2,1H3/t10-,11+/m1/s1. The van der Waals surface area contributed by atoms with Gasteiger partial charge < -0.3 is 9.53 Å². The van der Waals surface area contributed by atoms with E-state index in [1.165, 1.54) is 0 Å².